The van der Waals surface area contributed by atoms with Gasteiger partial charge in [0, 0.05) is 6.54 Å². The number of fused-ring (bicyclic) bond motifs is 2. The van der Waals surface area contributed by atoms with Crippen LogP contribution in [0.15, 0.2) is 60.7 Å². The summed E-state index contributed by atoms with van der Waals surface area (Å²) in [6.45, 7) is 0.811. The lowest BCUT2D eigenvalue weighted by Crippen LogP contribution is -2.60. The highest BCUT2D eigenvalue weighted by Gasteiger charge is 2.50. The minimum Gasteiger partial charge on any atom is -0.497 e. The number of likely N-dealkylation sites (tertiary alicyclic amines) is 1. The van der Waals surface area contributed by atoms with E-state index in [4.69, 9.17) is 28.4 Å². The van der Waals surface area contributed by atoms with Gasteiger partial charge in [0.2, 0.25) is 19.7 Å². The van der Waals surface area contributed by atoms with Crippen molar-refractivity contribution in [3.8, 4) is 34.5 Å². The number of hydrogen-bond donors (Lipinski definition) is 0. The number of rotatable bonds is 6. The lowest BCUT2D eigenvalue weighted by molar-refractivity contribution is -0.165. The van der Waals surface area contributed by atoms with Crippen LogP contribution < -0.4 is 28.4 Å². The molecule has 0 radical (unpaired) electrons. The van der Waals surface area contributed by atoms with Gasteiger partial charge < -0.3 is 33.3 Å². The molecule has 0 aromatic heterocycles. The van der Waals surface area contributed by atoms with Crippen LogP contribution in [0, 0.1) is 0 Å². The number of hydrogen-bond acceptors (Lipinski definition) is 7. The summed E-state index contributed by atoms with van der Waals surface area (Å²) in [7, 11) is 1.61. The Kier molecular flexibility index (Phi) is 4.64. The fourth-order valence-corrected chi connectivity index (χ4v) is 4.30. The lowest BCUT2D eigenvalue weighted by atomic mass is 9.89. The normalized spacial score (nSPS) is 19.9. The van der Waals surface area contributed by atoms with E-state index in [1.807, 2.05) is 36.4 Å². The van der Waals surface area contributed by atoms with Gasteiger partial charge in [-0.05, 0) is 59.7 Å². The van der Waals surface area contributed by atoms with E-state index in [0.29, 0.717) is 35.3 Å². The fraction of sp³-hybridized carbons (Fsp3) is 0.240. The summed E-state index contributed by atoms with van der Waals surface area (Å²) >= 11 is 0. The molecule has 3 aliphatic heterocycles. The van der Waals surface area contributed by atoms with E-state index >= 15 is 0 Å². The van der Waals surface area contributed by atoms with Gasteiger partial charge >= 0.3 is 0 Å². The molecule has 0 unspecified atom stereocenters. The average molecular weight is 447 g/mol. The van der Waals surface area contributed by atoms with E-state index < -0.39 is 6.10 Å². The second-order valence-corrected chi connectivity index (χ2v) is 7.93. The third-order valence-electron chi connectivity index (χ3n) is 6.00. The van der Waals surface area contributed by atoms with E-state index in [9.17, 15) is 4.79 Å². The quantitative estimate of drug-likeness (QED) is 0.534. The number of carbonyl (C=O) groups excluding carboxylic acids is 1. The molecule has 0 N–H and O–H groups in total. The summed E-state index contributed by atoms with van der Waals surface area (Å²) in [4.78, 5) is 15.0. The van der Waals surface area contributed by atoms with Gasteiger partial charge in [-0.3, -0.25) is 4.79 Å². The third-order valence-corrected chi connectivity index (χ3v) is 6.00. The van der Waals surface area contributed by atoms with Crippen molar-refractivity contribution in [3.63, 3.8) is 0 Å². The molecule has 8 nitrogen and oxygen atoms in total. The van der Waals surface area contributed by atoms with Crippen LogP contribution in [0.2, 0.25) is 0 Å². The van der Waals surface area contributed by atoms with Crippen LogP contribution in [0.5, 0.6) is 34.5 Å². The van der Waals surface area contributed by atoms with E-state index in [-0.39, 0.29) is 25.5 Å². The molecule has 3 aromatic carbocycles. The van der Waals surface area contributed by atoms with Gasteiger partial charge in [-0.1, -0.05) is 12.1 Å². The van der Waals surface area contributed by atoms with Crippen molar-refractivity contribution in [2.45, 2.75) is 18.7 Å². The summed E-state index contributed by atoms with van der Waals surface area (Å²) in [5, 5.41) is 0. The number of β-lactam (4-membered cyclic amide) rings is 1. The summed E-state index contributed by atoms with van der Waals surface area (Å²) in [6.07, 6.45) is -0.659. The Balaban J connectivity index is 1.29. The first-order valence-corrected chi connectivity index (χ1v) is 10.6. The smallest absolute Gasteiger partial charge is 0.267 e. The van der Waals surface area contributed by atoms with Crippen LogP contribution in [0.4, 0.5) is 0 Å². The van der Waals surface area contributed by atoms with Gasteiger partial charge in [-0.2, -0.15) is 0 Å². The van der Waals surface area contributed by atoms with Crippen LogP contribution in [0.25, 0.3) is 0 Å². The summed E-state index contributed by atoms with van der Waals surface area (Å²) in [5.74, 6) is 3.98. The molecular weight excluding hydrogens is 426 g/mol. The van der Waals surface area contributed by atoms with Crippen molar-refractivity contribution in [1.29, 1.82) is 0 Å². The van der Waals surface area contributed by atoms with Crippen LogP contribution in [0.1, 0.15) is 17.2 Å². The highest BCUT2D eigenvalue weighted by molar-refractivity contribution is 5.89. The molecule has 6 rings (SSSR count). The van der Waals surface area contributed by atoms with Gasteiger partial charge in [-0.25, -0.2) is 0 Å². The summed E-state index contributed by atoms with van der Waals surface area (Å²) < 4.78 is 33.2. The topological polar surface area (TPSA) is 75.7 Å². The van der Waals surface area contributed by atoms with Gasteiger partial charge in [0.1, 0.15) is 17.5 Å². The monoisotopic (exact) mass is 447 g/mol. The number of methoxy groups -OCH3 is 1. The maximum Gasteiger partial charge on any atom is 0.267 e. The lowest BCUT2D eigenvalue weighted by Gasteiger charge is -2.46. The standard InChI is InChI=1S/C25H21NO7/c1-28-17-4-6-18(7-5-17)33-24-23(16-3-9-20-22(11-16)32-14-30-20)26(25(24)27)12-15-2-8-19-21(10-15)31-13-29-19/h2-11,23-24H,12-14H2,1H3/t23-,24-/m1/s1. The molecule has 3 aliphatic rings. The molecular formula is C25H21NO7. The molecule has 8 heteroatoms. The first-order chi connectivity index (χ1) is 16.2. The minimum atomic E-state index is -0.659. The number of amides is 1. The minimum absolute atomic E-state index is 0.0915. The zero-order chi connectivity index (χ0) is 22.4. The van der Waals surface area contributed by atoms with E-state index in [1.165, 1.54) is 0 Å². The zero-order valence-corrected chi connectivity index (χ0v) is 17.9. The van der Waals surface area contributed by atoms with Gasteiger partial charge in [0.25, 0.3) is 5.91 Å². The first-order valence-electron chi connectivity index (χ1n) is 10.6. The molecule has 2 atom stereocenters. The predicted octanol–water partition coefficient (Wildman–Crippen LogP) is 3.68. The molecule has 1 amide bonds. The molecule has 1 fully saturated rings. The Bertz CT molecular complexity index is 1210. The molecule has 1 saturated heterocycles. The summed E-state index contributed by atoms with van der Waals surface area (Å²) in [5.41, 5.74) is 1.86. The second-order valence-electron chi connectivity index (χ2n) is 7.93. The van der Waals surface area contributed by atoms with Gasteiger partial charge in [0.05, 0.1) is 7.11 Å². The summed E-state index contributed by atoms with van der Waals surface area (Å²) in [6, 6.07) is 18.3. The van der Waals surface area contributed by atoms with Gasteiger partial charge in [-0.15, -0.1) is 0 Å². The predicted molar refractivity (Wildman–Crippen MR) is 116 cm³/mol. The van der Waals surface area contributed by atoms with Crippen molar-refractivity contribution in [1.82, 2.24) is 4.90 Å². The SMILES string of the molecule is COc1ccc(O[C@H]2C(=O)N(Cc3ccc4c(c3)OCO4)[C@@H]2c2ccc3c(c2)OCO3)cc1. The van der Waals surface area contributed by atoms with Crippen molar-refractivity contribution in [2.24, 2.45) is 0 Å². The zero-order valence-electron chi connectivity index (χ0n) is 17.9. The molecule has 0 aliphatic carbocycles. The number of ether oxygens (including phenoxy) is 6. The number of carbonyl (C=O) groups is 1. The Morgan fingerprint density at radius 1 is 0.818 bits per heavy atom. The maximum absolute atomic E-state index is 13.2. The average Bonchev–Trinajstić information content (AvgIpc) is 3.52. The maximum atomic E-state index is 13.2. The highest BCUT2D eigenvalue weighted by Crippen LogP contribution is 2.43. The van der Waals surface area contributed by atoms with Crippen LogP contribution in [-0.4, -0.2) is 37.6 Å². The molecule has 0 bridgehead atoms. The fourth-order valence-electron chi connectivity index (χ4n) is 4.30. The second kappa shape index (κ2) is 7.81. The van der Waals surface area contributed by atoms with Gasteiger partial charge in [0.15, 0.2) is 23.0 Å². The van der Waals surface area contributed by atoms with E-state index in [0.717, 1.165) is 16.9 Å². The number of benzene rings is 3. The number of nitrogens with zero attached hydrogens (tertiary/aromatic N) is 1. The van der Waals surface area contributed by atoms with Crippen LogP contribution in [0.3, 0.4) is 0 Å². The Morgan fingerprint density at radius 3 is 2.18 bits per heavy atom. The third kappa shape index (κ3) is 3.44. The molecule has 33 heavy (non-hydrogen) atoms. The molecule has 0 spiro atoms. The Morgan fingerprint density at radius 2 is 1.45 bits per heavy atom. The molecule has 0 saturated carbocycles. The molecule has 3 heterocycles. The van der Waals surface area contributed by atoms with Crippen molar-refractivity contribution in [2.75, 3.05) is 20.7 Å². The van der Waals surface area contributed by atoms with E-state index in [2.05, 4.69) is 0 Å². The van der Waals surface area contributed by atoms with Crippen LogP contribution >= 0.6 is 0 Å². The van der Waals surface area contributed by atoms with Crippen LogP contribution in [-0.2, 0) is 11.3 Å². The Hall–Kier alpha value is -4.07. The molecule has 3 aromatic rings. The molecule has 168 valence electrons. The van der Waals surface area contributed by atoms with Crippen molar-refractivity contribution < 1.29 is 33.2 Å². The first kappa shape index (κ1) is 19.6. The van der Waals surface area contributed by atoms with Crippen molar-refractivity contribution in [3.05, 3.63) is 71.8 Å². The van der Waals surface area contributed by atoms with E-state index in [1.54, 1.807) is 36.3 Å². The largest absolute Gasteiger partial charge is 0.497 e. The Labute approximate surface area is 190 Å². The van der Waals surface area contributed by atoms with Crippen molar-refractivity contribution >= 4 is 5.91 Å². The highest BCUT2D eigenvalue weighted by atomic mass is 16.7.